The van der Waals surface area contributed by atoms with E-state index in [9.17, 15) is 22.4 Å². The van der Waals surface area contributed by atoms with Crippen molar-refractivity contribution in [3.8, 4) is 0 Å². The number of halogens is 1. The third kappa shape index (κ3) is 7.64. The van der Waals surface area contributed by atoms with E-state index in [1.807, 2.05) is 13.8 Å². The largest absolute Gasteiger partial charge is 0.352 e. The molecule has 0 fully saturated rings. The van der Waals surface area contributed by atoms with Crippen molar-refractivity contribution in [2.24, 2.45) is 0 Å². The topological polar surface area (TPSA) is 86.8 Å². The monoisotopic (exact) mass is 477 g/mol. The maximum absolute atomic E-state index is 13.3. The Labute approximate surface area is 195 Å². The van der Waals surface area contributed by atoms with E-state index in [-0.39, 0.29) is 48.1 Å². The molecule has 0 bridgehead atoms. The van der Waals surface area contributed by atoms with Crippen LogP contribution in [-0.4, -0.2) is 55.1 Å². The number of nitrogens with one attached hydrogen (secondary N) is 1. The predicted molar refractivity (Wildman–Crippen MR) is 125 cm³/mol. The molecule has 2 amide bonds. The molecule has 0 aromatic heterocycles. The Morgan fingerprint density at radius 1 is 1.00 bits per heavy atom. The lowest BCUT2D eigenvalue weighted by atomic mass is 10.1. The zero-order valence-corrected chi connectivity index (χ0v) is 20.3. The van der Waals surface area contributed by atoms with Gasteiger partial charge in [0.15, 0.2) is 0 Å². The number of amides is 2. The zero-order valence-electron chi connectivity index (χ0n) is 19.5. The second-order valence-electron chi connectivity index (χ2n) is 8.23. The van der Waals surface area contributed by atoms with Gasteiger partial charge in [-0.25, -0.2) is 17.1 Å². The van der Waals surface area contributed by atoms with Gasteiger partial charge in [-0.3, -0.25) is 9.59 Å². The number of hydrogen-bond donors (Lipinski definition) is 1. The van der Waals surface area contributed by atoms with E-state index in [2.05, 4.69) is 5.32 Å². The van der Waals surface area contributed by atoms with Crippen LogP contribution in [-0.2, 0) is 26.2 Å². The van der Waals surface area contributed by atoms with Gasteiger partial charge in [0.2, 0.25) is 21.8 Å². The van der Waals surface area contributed by atoms with Crippen molar-refractivity contribution in [3.05, 3.63) is 66.0 Å². The molecule has 0 saturated heterocycles. The van der Waals surface area contributed by atoms with Gasteiger partial charge in [0, 0.05) is 32.6 Å². The molecule has 0 spiro atoms. The highest BCUT2D eigenvalue weighted by Crippen LogP contribution is 2.16. The highest BCUT2D eigenvalue weighted by atomic mass is 32.2. The van der Waals surface area contributed by atoms with Crippen LogP contribution in [0.5, 0.6) is 0 Å². The molecule has 180 valence electrons. The number of benzene rings is 2. The minimum Gasteiger partial charge on any atom is -0.352 e. The van der Waals surface area contributed by atoms with Gasteiger partial charge in [-0.1, -0.05) is 30.3 Å². The summed E-state index contributed by atoms with van der Waals surface area (Å²) in [5.41, 5.74) is 0.692. The van der Waals surface area contributed by atoms with Crippen LogP contribution in [0.2, 0.25) is 0 Å². The molecule has 2 rings (SSSR count). The summed E-state index contributed by atoms with van der Waals surface area (Å²) < 4.78 is 39.8. The first-order valence-corrected chi connectivity index (χ1v) is 12.3. The molecule has 1 atom stereocenters. The smallest absolute Gasteiger partial charge is 0.242 e. The molecule has 0 aliphatic rings. The maximum atomic E-state index is 13.3. The Hall–Kier alpha value is -2.78. The Balaban J connectivity index is 2.07. The lowest BCUT2D eigenvalue weighted by Crippen LogP contribution is -2.49. The van der Waals surface area contributed by atoms with Crippen molar-refractivity contribution in [1.82, 2.24) is 14.5 Å². The van der Waals surface area contributed by atoms with Crippen LogP contribution in [0, 0.1) is 5.82 Å². The third-order valence-electron chi connectivity index (χ3n) is 5.18. The second-order valence-corrected chi connectivity index (χ2v) is 10.3. The van der Waals surface area contributed by atoms with Crippen molar-refractivity contribution < 1.29 is 22.4 Å². The van der Waals surface area contributed by atoms with Crippen LogP contribution < -0.4 is 5.32 Å². The fourth-order valence-electron chi connectivity index (χ4n) is 3.26. The molecule has 9 heteroatoms. The summed E-state index contributed by atoms with van der Waals surface area (Å²) >= 11 is 0. The number of sulfonamides is 1. The predicted octanol–water partition coefficient (Wildman–Crippen LogP) is 3.17. The third-order valence-corrected chi connectivity index (χ3v) is 7.05. The average molecular weight is 478 g/mol. The molecule has 0 aliphatic carbocycles. The van der Waals surface area contributed by atoms with E-state index in [4.69, 9.17) is 0 Å². The fourth-order valence-corrected chi connectivity index (χ4v) is 4.49. The maximum Gasteiger partial charge on any atom is 0.242 e. The Bertz CT molecular complexity index is 1030. The van der Waals surface area contributed by atoms with E-state index in [1.54, 1.807) is 37.3 Å². The van der Waals surface area contributed by atoms with Crippen molar-refractivity contribution in [3.63, 3.8) is 0 Å². The van der Waals surface area contributed by atoms with Gasteiger partial charge >= 0.3 is 0 Å². The normalized spacial score (nSPS) is 12.6. The van der Waals surface area contributed by atoms with Gasteiger partial charge < -0.3 is 10.2 Å². The van der Waals surface area contributed by atoms with Crippen LogP contribution >= 0.6 is 0 Å². The zero-order chi connectivity index (χ0) is 24.6. The standard InChI is InChI=1S/C24H32FN3O4S/c1-18(2)26-24(30)19(3)28(17-20-12-14-21(25)15-13-20)23(29)11-8-16-27(4)33(31,32)22-9-6-5-7-10-22/h5-7,9-10,12-15,18-19H,8,11,16-17H2,1-4H3,(H,26,30). The van der Waals surface area contributed by atoms with Crippen LogP contribution in [0.4, 0.5) is 4.39 Å². The molecular formula is C24H32FN3O4S. The van der Waals surface area contributed by atoms with E-state index < -0.39 is 16.1 Å². The quantitative estimate of drug-likeness (QED) is 0.539. The van der Waals surface area contributed by atoms with Gasteiger partial charge in [-0.05, 0) is 57.0 Å². The molecule has 2 aromatic rings. The number of nitrogens with zero attached hydrogens (tertiary/aromatic N) is 2. The molecule has 1 unspecified atom stereocenters. The molecule has 7 nitrogen and oxygen atoms in total. The van der Waals surface area contributed by atoms with Gasteiger partial charge in [-0.15, -0.1) is 0 Å². The molecule has 33 heavy (non-hydrogen) atoms. The minimum atomic E-state index is -3.64. The first kappa shape index (κ1) is 26.5. The highest BCUT2D eigenvalue weighted by Gasteiger charge is 2.27. The van der Waals surface area contributed by atoms with E-state index in [1.165, 1.54) is 40.5 Å². The van der Waals surface area contributed by atoms with Crippen molar-refractivity contribution in [1.29, 1.82) is 0 Å². The lowest BCUT2D eigenvalue weighted by molar-refractivity contribution is -0.140. The van der Waals surface area contributed by atoms with Crippen LogP contribution in [0.1, 0.15) is 39.2 Å². The van der Waals surface area contributed by atoms with Gasteiger partial charge in [-0.2, -0.15) is 0 Å². The van der Waals surface area contributed by atoms with E-state index in [0.717, 1.165) is 0 Å². The summed E-state index contributed by atoms with van der Waals surface area (Å²) in [7, 11) is -2.17. The van der Waals surface area contributed by atoms with Gasteiger partial charge in [0.05, 0.1) is 4.90 Å². The van der Waals surface area contributed by atoms with E-state index in [0.29, 0.717) is 12.0 Å². The van der Waals surface area contributed by atoms with Crippen molar-refractivity contribution in [2.45, 2.75) is 57.1 Å². The van der Waals surface area contributed by atoms with Gasteiger partial charge in [0.1, 0.15) is 11.9 Å². The molecule has 1 N–H and O–H groups in total. The minimum absolute atomic E-state index is 0.0646. The Morgan fingerprint density at radius 2 is 1.61 bits per heavy atom. The van der Waals surface area contributed by atoms with Crippen molar-refractivity contribution >= 4 is 21.8 Å². The summed E-state index contributed by atoms with van der Waals surface area (Å²) in [6.07, 6.45) is 0.356. The molecule has 2 aromatic carbocycles. The van der Waals surface area contributed by atoms with Crippen LogP contribution in [0.3, 0.4) is 0 Å². The first-order valence-electron chi connectivity index (χ1n) is 10.9. The molecule has 0 heterocycles. The lowest BCUT2D eigenvalue weighted by Gasteiger charge is -2.29. The molecule has 0 radical (unpaired) electrons. The SMILES string of the molecule is CC(C)NC(=O)C(C)N(Cc1ccc(F)cc1)C(=O)CCCN(C)S(=O)(=O)c1ccccc1. The summed E-state index contributed by atoms with van der Waals surface area (Å²) in [5.74, 6) is -0.953. The van der Waals surface area contributed by atoms with E-state index >= 15 is 0 Å². The molecule has 0 saturated carbocycles. The van der Waals surface area contributed by atoms with Gasteiger partial charge in [0.25, 0.3) is 0 Å². The summed E-state index contributed by atoms with van der Waals surface area (Å²) in [5, 5.41) is 2.80. The molecular weight excluding hydrogens is 445 g/mol. The number of hydrogen-bond acceptors (Lipinski definition) is 4. The highest BCUT2D eigenvalue weighted by molar-refractivity contribution is 7.89. The van der Waals surface area contributed by atoms with Crippen LogP contribution in [0.25, 0.3) is 0 Å². The number of carbonyl (C=O) groups excluding carboxylic acids is 2. The Kier molecular flexibility index (Phi) is 9.55. The average Bonchev–Trinajstić information content (AvgIpc) is 2.78. The summed E-state index contributed by atoms with van der Waals surface area (Å²) in [4.78, 5) is 27.2. The Morgan fingerprint density at radius 3 is 2.18 bits per heavy atom. The fraction of sp³-hybridized carbons (Fsp3) is 0.417. The van der Waals surface area contributed by atoms with Crippen LogP contribution in [0.15, 0.2) is 59.5 Å². The second kappa shape index (κ2) is 11.9. The number of carbonyl (C=O) groups is 2. The van der Waals surface area contributed by atoms with Crippen molar-refractivity contribution in [2.75, 3.05) is 13.6 Å². The molecule has 0 aliphatic heterocycles. The summed E-state index contributed by atoms with van der Waals surface area (Å²) in [6.45, 7) is 5.61. The number of rotatable bonds is 11. The first-order chi connectivity index (χ1) is 15.5. The summed E-state index contributed by atoms with van der Waals surface area (Å²) in [6, 6.07) is 13.0.